The summed E-state index contributed by atoms with van der Waals surface area (Å²) in [6.07, 6.45) is 0. The minimum Gasteiger partial charge on any atom is -0.298 e. The van der Waals surface area contributed by atoms with Gasteiger partial charge in [0.05, 0.1) is 0 Å². The summed E-state index contributed by atoms with van der Waals surface area (Å²) in [6.45, 7) is 2.62. The molecule has 0 unspecified atom stereocenters. The van der Waals surface area contributed by atoms with E-state index in [1.165, 1.54) is 11.1 Å². The third kappa shape index (κ3) is 3.61. The topological polar surface area (TPSA) is 20.3 Å². The lowest BCUT2D eigenvalue weighted by atomic mass is 9.84. The summed E-state index contributed by atoms with van der Waals surface area (Å²) in [4.78, 5) is 15.6. The van der Waals surface area contributed by atoms with E-state index in [0.717, 1.165) is 25.2 Å². The average molecular weight is 341 g/mol. The minimum absolute atomic E-state index is 0.00325. The van der Waals surface area contributed by atoms with E-state index in [-0.39, 0.29) is 17.6 Å². The number of carbonyl (C=O) groups excluding carboxylic acids is 1. The van der Waals surface area contributed by atoms with Crippen molar-refractivity contribution < 1.29 is 4.79 Å². The van der Waals surface area contributed by atoms with Crippen LogP contribution in [0.2, 0.25) is 0 Å². The van der Waals surface area contributed by atoms with Crippen molar-refractivity contribution in [3.8, 4) is 0 Å². The zero-order valence-electron chi connectivity index (χ0n) is 14.8. The summed E-state index contributed by atoms with van der Waals surface area (Å²) in [6, 6.07) is 30.7. The smallest absolute Gasteiger partial charge is 0.167 e. The Labute approximate surface area is 155 Å². The van der Waals surface area contributed by atoms with Gasteiger partial charge in [-0.2, -0.15) is 0 Å². The lowest BCUT2D eigenvalue weighted by molar-refractivity contribution is 0.0913. The zero-order chi connectivity index (χ0) is 17.8. The molecule has 3 aromatic carbocycles. The largest absolute Gasteiger partial charge is 0.298 e. The molecule has 130 valence electrons. The van der Waals surface area contributed by atoms with E-state index in [0.29, 0.717) is 0 Å². The number of benzene rings is 3. The summed E-state index contributed by atoms with van der Waals surface area (Å²) in [5, 5.41) is 0. The molecule has 0 saturated carbocycles. The molecule has 0 bridgehead atoms. The van der Waals surface area contributed by atoms with Crippen molar-refractivity contribution in [2.24, 2.45) is 5.92 Å². The number of carbonyl (C=O) groups is 1. The highest BCUT2D eigenvalue weighted by Gasteiger charge is 2.38. The van der Waals surface area contributed by atoms with Crippen molar-refractivity contribution >= 4 is 5.78 Å². The molecule has 1 heterocycles. The van der Waals surface area contributed by atoms with Crippen LogP contribution in [0.4, 0.5) is 0 Å². The molecule has 1 aliphatic heterocycles. The number of hydrogen-bond acceptors (Lipinski definition) is 2. The van der Waals surface area contributed by atoms with Crippen LogP contribution in [0.3, 0.4) is 0 Å². The van der Waals surface area contributed by atoms with Crippen LogP contribution in [0.25, 0.3) is 0 Å². The first-order chi connectivity index (χ1) is 12.8. The van der Waals surface area contributed by atoms with Gasteiger partial charge >= 0.3 is 0 Å². The van der Waals surface area contributed by atoms with Gasteiger partial charge in [-0.25, -0.2) is 0 Å². The molecule has 1 fully saturated rings. The van der Waals surface area contributed by atoms with Crippen LogP contribution in [0.1, 0.15) is 27.4 Å². The summed E-state index contributed by atoms with van der Waals surface area (Å²) < 4.78 is 0. The summed E-state index contributed by atoms with van der Waals surface area (Å²) in [7, 11) is 0. The third-order valence-corrected chi connectivity index (χ3v) is 5.27. The van der Waals surface area contributed by atoms with Gasteiger partial charge in [-0.1, -0.05) is 91.0 Å². The minimum atomic E-state index is 0.00325. The number of rotatable bonds is 5. The maximum atomic E-state index is 13.2. The number of hydrogen-bond donors (Lipinski definition) is 0. The molecule has 3 aromatic rings. The average Bonchev–Trinajstić information content (AvgIpc) is 3.13. The Kier molecular flexibility index (Phi) is 4.94. The second-order valence-corrected chi connectivity index (χ2v) is 7.03. The van der Waals surface area contributed by atoms with Crippen molar-refractivity contribution in [1.82, 2.24) is 4.90 Å². The molecule has 2 heteroatoms. The van der Waals surface area contributed by atoms with Gasteiger partial charge in [0.15, 0.2) is 5.78 Å². The van der Waals surface area contributed by atoms with Gasteiger partial charge < -0.3 is 0 Å². The molecule has 2 nitrogen and oxygen atoms in total. The van der Waals surface area contributed by atoms with E-state index in [9.17, 15) is 4.79 Å². The van der Waals surface area contributed by atoms with E-state index in [2.05, 4.69) is 53.4 Å². The predicted molar refractivity (Wildman–Crippen MR) is 105 cm³/mol. The van der Waals surface area contributed by atoms with Crippen molar-refractivity contribution in [2.45, 2.75) is 12.5 Å². The maximum Gasteiger partial charge on any atom is 0.167 e. The molecule has 0 aliphatic carbocycles. The quantitative estimate of drug-likeness (QED) is 0.622. The van der Waals surface area contributed by atoms with Crippen molar-refractivity contribution in [3.63, 3.8) is 0 Å². The van der Waals surface area contributed by atoms with Gasteiger partial charge in [-0.05, 0) is 11.1 Å². The molecule has 2 atom stereocenters. The van der Waals surface area contributed by atoms with Crippen molar-refractivity contribution in [3.05, 3.63) is 108 Å². The Hall–Kier alpha value is -2.71. The van der Waals surface area contributed by atoms with Crippen LogP contribution in [0.5, 0.6) is 0 Å². The fourth-order valence-electron chi connectivity index (χ4n) is 3.98. The molecule has 0 amide bonds. The van der Waals surface area contributed by atoms with E-state index < -0.39 is 0 Å². The Morgan fingerprint density at radius 2 is 1.35 bits per heavy atom. The number of ketones is 1. The van der Waals surface area contributed by atoms with Gasteiger partial charge in [-0.15, -0.1) is 0 Å². The van der Waals surface area contributed by atoms with E-state index >= 15 is 0 Å². The molecule has 26 heavy (non-hydrogen) atoms. The first kappa shape index (κ1) is 16.7. The van der Waals surface area contributed by atoms with Crippen LogP contribution in [-0.2, 0) is 6.54 Å². The van der Waals surface area contributed by atoms with E-state index in [1.807, 2.05) is 42.5 Å². The first-order valence-electron chi connectivity index (χ1n) is 9.22. The summed E-state index contributed by atoms with van der Waals surface area (Å²) in [5.41, 5.74) is 3.38. The fourth-order valence-corrected chi connectivity index (χ4v) is 3.98. The molecular weight excluding hydrogens is 318 g/mol. The van der Waals surface area contributed by atoms with Crippen molar-refractivity contribution in [1.29, 1.82) is 0 Å². The molecule has 0 N–H and O–H groups in total. The van der Waals surface area contributed by atoms with Gasteiger partial charge in [0, 0.05) is 37.0 Å². The second kappa shape index (κ2) is 7.67. The van der Waals surface area contributed by atoms with Gasteiger partial charge in [-0.3, -0.25) is 9.69 Å². The highest BCUT2D eigenvalue weighted by molar-refractivity contribution is 5.98. The van der Waals surface area contributed by atoms with Crippen LogP contribution >= 0.6 is 0 Å². The van der Waals surface area contributed by atoms with Crippen LogP contribution in [0.15, 0.2) is 91.0 Å². The molecule has 1 aliphatic rings. The van der Waals surface area contributed by atoms with Gasteiger partial charge in [0.25, 0.3) is 0 Å². The molecule has 0 spiro atoms. The summed E-state index contributed by atoms with van der Waals surface area (Å²) in [5.74, 6) is 0.506. The lowest BCUT2D eigenvalue weighted by Crippen LogP contribution is -2.23. The Morgan fingerprint density at radius 3 is 2.00 bits per heavy atom. The Morgan fingerprint density at radius 1 is 0.769 bits per heavy atom. The molecule has 0 radical (unpaired) electrons. The maximum absolute atomic E-state index is 13.2. The fraction of sp³-hybridized carbons (Fsp3) is 0.208. The zero-order valence-corrected chi connectivity index (χ0v) is 14.8. The SMILES string of the molecule is O=C(c1ccccc1)[C@@H]1CN(Cc2ccccc2)C[C@@H]1c1ccccc1. The molecule has 1 saturated heterocycles. The molecule has 4 rings (SSSR count). The number of nitrogens with zero attached hydrogens (tertiary/aromatic N) is 1. The lowest BCUT2D eigenvalue weighted by Gasteiger charge is -2.17. The Balaban J connectivity index is 1.60. The molecule has 0 aromatic heterocycles. The third-order valence-electron chi connectivity index (χ3n) is 5.27. The summed E-state index contributed by atoms with van der Waals surface area (Å²) >= 11 is 0. The van der Waals surface area contributed by atoms with E-state index in [4.69, 9.17) is 0 Å². The van der Waals surface area contributed by atoms with Crippen molar-refractivity contribution in [2.75, 3.05) is 13.1 Å². The highest BCUT2D eigenvalue weighted by atomic mass is 16.1. The normalized spacial score (nSPS) is 20.2. The number of likely N-dealkylation sites (tertiary alicyclic amines) is 1. The van der Waals surface area contributed by atoms with Crippen LogP contribution in [0, 0.1) is 5.92 Å². The first-order valence-corrected chi connectivity index (χ1v) is 9.22. The number of Topliss-reactive ketones (excluding diaryl/α,β-unsaturated/α-hetero) is 1. The molecular formula is C24H23NO. The Bertz CT molecular complexity index is 845. The monoisotopic (exact) mass is 341 g/mol. The van der Waals surface area contributed by atoms with Gasteiger partial charge in [0.2, 0.25) is 0 Å². The standard InChI is InChI=1S/C24H23NO/c26-24(21-14-8-3-9-15-21)23-18-25(16-19-10-4-1-5-11-19)17-22(23)20-12-6-2-7-13-20/h1-15,22-23H,16-18H2/t22-,23-/m1/s1. The van der Waals surface area contributed by atoms with Crippen LogP contribution in [-0.4, -0.2) is 23.8 Å². The highest BCUT2D eigenvalue weighted by Crippen LogP contribution is 2.35. The second-order valence-electron chi connectivity index (χ2n) is 7.03. The van der Waals surface area contributed by atoms with Crippen LogP contribution < -0.4 is 0 Å². The predicted octanol–water partition coefficient (Wildman–Crippen LogP) is 4.79. The van der Waals surface area contributed by atoms with E-state index in [1.54, 1.807) is 0 Å². The van der Waals surface area contributed by atoms with Gasteiger partial charge in [0.1, 0.15) is 0 Å².